The number of ether oxygens (including phenoxy) is 1. The van der Waals surface area contributed by atoms with E-state index in [1.807, 2.05) is 73.4 Å². The van der Waals surface area contributed by atoms with E-state index in [1.54, 1.807) is 13.2 Å². The zero-order valence-corrected chi connectivity index (χ0v) is 20.5. The molecule has 0 aliphatic rings. The van der Waals surface area contributed by atoms with Gasteiger partial charge in [-0.1, -0.05) is 29.8 Å². The summed E-state index contributed by atoms with van der Waals surface area (Å²) in [5.74, 6) is 1.64. The van der Waals surface area contributed by atoms with Gasteiger partial charge in [-0.3, -0.25) is 9.98 Å². The van der Waals surface area contributed by atoms with Gasteiger partial charge in [0, 0.05) is 45.8 Å². The molecule has 30 heavy (non-hydrogen) atoms. The van der Waals surface area contributed by atoms with E-state index in [-0.39, 0.29) is 24.0 Å². The van der Waals surface area contributed by atoms with Crippen molar-refractivity contribution in [3.63, 3.8) is 0 Å². The number of hydrogen-bond donors (Lipinski definition) is 1. The van der Waals surface area contributed by atoms with Crippen LogP contribution in [0.1, 0.15) is 17.0 Å². The maximum atomic E-state index is 6.07. The van der Waals surface area contributed by atoms with Crippen LogP contribution in [0.2, 0.25) is 5.02 Å². The molecular formula is C22H27ClIN5O. The van der Waals surface area contributed by atoms with Crippen molar-refractivity contribution in [3.8, 4) is 5.75 Å². The first-order chi connectivity index (χ1) is 14.0. The first kappa shape index (κ1) is 24.0. The monoisotopic (exact) mass is 539 g/mol. The molecule has 3 rings (SSSR count). The number of hydrogen-bond acceptors (Lipinski definition) is 3. The lowest BCUT2D eigenvalue weighted by Gasteiger charge is -2.22. The van der Waals surface area contributed by atoms with E-state index >= 15 is 0 Å². The number of aryl methyl sites for hydroxylation is 1. The van der Waals surface area contributed by atoms with Crippen molar-refractivity contribution >= 4 is 41.5 Å². The molecule has 0 bridgehead atoms. The van der Waals surface area contributed by atoms with Gasteiger partial charge in [-0.25, -0.2) is 0 Å². The number of aromatic nitrogens is 2. The van der Waals surface area contributed by atoms with Gasteiger partial charge in [0.2, 0.25) is 0 Å². The Kier molecular flexibility index (Phi) is 9.45. The lowest BCUT2D eigenvalue weighted by molar-refractivity contribution is 0.301. The molecule has 2 aromatic heterocycles. The zero-order chi connectivity index (χ0) is 20.6. The van der Waals surface area contributed by atoms with Crippen molar-refractivity contribution in [1.82, 2.24) is 19.8 Å². The van der Waals surface area contributed by atoms with E-state index in [0.29, 0.717) is 19.7 Å². The molecule has 3 aromatic rings. The molecule has 8 heteroatoms. The quantitative estimate of drug-likeness (QED) is 0.273. The molecule has 6 nitrogen and oxygen atoms in total. The number of rotatable bonds is 7. The Bertz CT molecular complexity index is 944. The second kappa shape index (κ2) is 11.8. The summed E-state index contributed by atoms with van der Waals surface area (Å²) < 4.78 is 7.81. The van der Waals surface area contributed by atoms with E-state index in [4.69, 9.17) is 16.3 Å². The third-order valence-electron chi connectivity index (χ3n) is 4.53. The number of pyridine rings is 1. The van der Waals surface area contributed by atoms with Gasteiger partial charge in [0.1, 0.15) is 12.4 Å². The van der Waals surface area contributed by atoms with Crippen molar-refractivity contribution in [2.75, 3.05) is 14.1 Å². The molecule has 0 aliphatic carbocycles. The molecule has 1 aromatic carbocycles. The minimum absolute atomic E-state index is 0. The normalized spacial score (nSPS) is 11.0. The van der Waals surface area contributed by atoms with Crippen LogP contribution in [0.15, 0.2) is 65.9 Å². The number of nitrogens with zero attached hydrogens (tertiary/aromatic N) is 4. The SMILES string of the molecule is CN=C(NCc1ccc(OCc2ccccn2)cc1)N(C)Cc1cc(Cl)cn1C.I. The van der Waals surface area contributed by atoms with Crippen molar-refractivity contribution in [2.24, 2.45) is 12.0 Å². The maximum Gasteiger partial charge on any atom is 0.194 e. The summed E-state index contributed by atoms with van der Waals surface area (Å²) in [6.45, 7) is 1.84. The first-order valence-electron chi connectivity index (χ1n) is 9.39. The minimum Gasteiger partial charge on any atom is -0.487 e. The highest BCUT2D eigenvalue weighted by molar-refractivity contribution is 14.0. The summed E-state index contributed by atoms with van der Waals surface area (Å²) in [5.41, 5.74) is 3.17. The van der Waals surface area contributed by atoms with Crippen LogP contribution in [0.3, 0.4) is 0 Å². The highest BCUT2D eigenvalue weighted by atomic mass is 127. The molecule has 0 saturated heterocycles. The average Bonchev–Trinajstić information content (AvgIpc) is 3.05. The van der Waals surface area contributed by atoms with Gasteiger partial charge >= 0.3 is 0 Å². The fraction of sp³-hybridized carbons (Fsp3) is 0.273. The molecule has 2 heterocycles. The topological polar surface area (TPSA) is 54.7 Å². The van der Waals surface area contributed by atoms with E-state index in [0.717, 1.165) is 33.7 Å². The van der Waals surface area contributed by atoms with Gasteiger partial charge in [-0.2, -0.15) is 0 Å². The third kappa shape index (κ3) is 6.91. The van der Waals surface area contributed by atoms with Gasteiger partial charge in [0.05, 0.1) is 17.3 Å². The predicted molar refractivity (Wildman–Crippen MR) is 133 cm³/mol. The Morgan fingerprint density at radius 3 is 2.60 bits per heavy atom. The Balaban J connectivity index is 0.00000320. The Hall–Kier alpha value is -2.26. The number of halogens is 2. The third-order valence-corrected chi connectivity index (χ3v) is 4.74. The summed E-state index contributed by atoms with van der Waals surface area (Å²) >= 11 is 6.07. The number of aliphatic imine (C=N–C) groups is 1. The molecule has 0 saturated carbocycles. The fourth-order valence-corrected chi connectivity index (χ4v) is 3.22. The Labute approximate surface area is 200 Å². The molecule has 0 atom stereocenters. The van der Waals surface area contributed by atoms with E-state index in [1.165, 1.54) is 0 Å². The van der Waals surface area contributed by atoms with Crippen molar-refractivity contribution in [1.29, 1.82) is 0 Å². The standard InChI is InChI=1S/C22H26ClN5O.HI/c1-24-22(28(3)15-20-12-18(23)14-27(20)2)26-13-17-7-9-21(10-8-17)29-16-19-6-4-5-11-25-19;/h4-12,14H,13,15-16H2,1-3H3,(H,24,26);1H. The van der Waals surface area contributed by atoms with Crippen LogP contribution in [-0.2, 0) is 26.7 Å². The van der Waals surface area contributed by atoms with Crippen LogP contribution in [0.4, 0.5) is 0 Å². The van der Waals surface area contributed by atoms with Gasteiger partial charge < -0.3 is 19.5 Å². The van der Waals surface area contributed by atoms with Gasteiger partial charge in [-0.05, 0) is 35.9 Å². The summed E-state index contributed by atoms with van der Waals surface area (Å²) in [7, 11) is 5.78. The van der Waals surface area contributed by atoms with Crippen molar-refractivity contribution < 1.29 is 4.74 Å². The molecule has 0 spiro atoms. The predicted octanol–water partition coefficient (Wildman–Crippen LogP) is 4.48. The summed E-state index contributed by atoms with van der Waals surface area (Å²) in [6.07, 6.45) is 3.67. The fourth-order valence-electron chi connectivity index (χ4n) is 2.95. The van der Waals surface area contributed by atoms with Crippen LogP contribution in [-0.4, -0.2) is 34.5 Å². The molecule has 160 valence electrons. The van der Waals surface area contributed by atoms with Crippen LogP contribution in [0, 0.1) is 0 Å². The summed E-state index contributed by atoms with van der Waals surface area (Å²) in [6, 6.07) is 15.8. The molecule has 0 unspecified atom stereocenters. The van der Waals surface area contributed by atoms with Gasteiger partial charge in [0.15, 0.2) is 5.96 Å². The highest BCUT2D eigenvalue weighted by Crippen LogP contribution is 2.15. The maximum absolute atomic E-state index is 6.07. The van der Waals surface area contributed by atoms with E-state index in [9.17, 15) is 0 Å². The molecule has 1 N–H and O–H groups in total. The first-order valence-corrected chi connectivity index (χ1v) is 9.77. The average molecular weight is 540 g/mol. The molecule has 0 aliphatic heterocycles. The lowest BCUT2D eigenvalue weighted by Crippen LogP contribution is -2.38. The molecule has 0 fully saturated rings. The number of benzene rings is 1. The summed E-state index contributed by atoms with van der Waals surface area (Å²) in [5, 5.41) is 4.13. The molecule has 0 amide bonds. The number of nitrogens with one attached hydrogen (secondary N) is 1. The van der Waals surface area contributed by atoms with Crippen LogP contribution < -0.4 is 10.1 Å². The number of guanidine groups is 1. The molecule has 0 radical (unpaired) electrons. The van der Waals surface area contributed by atoms with Gasteiger partial charge in [0.25, 0.3) is 0 Å². The van der Waals surface area contributed by atoms with E-state index < -0.39 is 0 Å². The van der Waals surface area contributed by atoms with Crippen LogP contribution in [0.5, 0.6) is 5.75 Å². The van der Waals surface area contributed by atoms with E-state index in [2.05, 4.69) is 20.2 Å². The minimum atomic E-state index is 0. The van der Waals surface area contributed by atoms with Gasteiger partial charge in [-0.15, -0.1) is 24.0 Å². The second-order valence-electron chi connectivity index (χ2n) is 6.77. The molecular weight excluding hydrogens is 513 g/mol. The zero-order valence-electron chi connectivity index (χ0n) is 17.4. The summed E-state index contributed by atoms with van der Waals surface area (Å²) in [4.78, 5) is 10.7. The van der Waals surface area contributed by atoms with Crippen molar-refractivity contribution in [3.05, 3.63) is 82.9 Å². The van der Waals surface area contributed by atoms with Crippen molar-refractivity contribution in [2.45, 2.75) is 19.7 Å². The van der Waals surface area contributed by atoms with Crippen LogP contribution in [0.25, 0.3) is 0 Å². The second-order valence-corrected chi connectivity index (χ2v) is 7.21. The smallest absolute Gasteiger partial charge is 0.194 e. The largest absolute Gasteiger partial charge is 0.487 e. The van der Waals surface area contributed by atoms with Crippen LogP contribution >= 0.6 is 35.6 Å². The Morgan fingerprint density at radius 2 is 2.00 bits per heavy atom. The highest BCUT2D eigenvalue weighted by Gasteiger charge is 2.10. The Morgan fingerprint density at radius 1 is 1.23 bits per heavy atom. The lowest BCUT2D eigenvalue weighted by atomic mass is 10.2.